The van der Waals surface area contributed by atoms with Gasteiger partial charge in [-0.15, -0.1) is 4.84 Å². The highest BCUT2D eigenvalue weighted by atomic mass is 16.8. The van der Waals surface area contributed by atoms with Crippen molar-refractivity contribution in [3.05, 3.63) is 41.3 Å². The fraction of sp³-hybridized carbons (Fsp3) is 0.154. The molecule has 0 heterocycles. The Morgan fingerprint density at radius 1 is 1.22 bits per heavy atom. The second-order valence-corrected chi connectivity index (χ2v) is 3.70. The Kier molecular flexibility index (Phi) is 3.23. The molecule has 0 aliphatic carbocycles. The molecular formula is C13H12NO4+. The van der Waals surface area contributed by atoms with E-state index in [0.717, 1.165) is 5.39 Å². The maximum Gasteiger partial charge on any atom is 0.383 e. The molecule has 0 saturated carbocycles. The van der Waals surface area contributed by atoms with E-state index in [9.17, 15) is 9.70 Å². The van der Waals surface area contributed by atoms with Crippen LogP contribution in [0.5, 0.6) is 5.75 Å². The summed E-state index contributed by atoms with van der Waals surface area (Å²) >= 11 is 0. The van der Waals surface area contributed by atoms with Crippen LogP contribution in [0.15, 0.2) is 36.4 Å². The molecule has 18 heavy (non-hydrogen) atoms. The number of nitrogens with zero attached hydrogens (tertiary/aromatic N) is 1. The summed E-state index contributed by atoms with van der Waals surface area (Å²) in [6, 6.07) is 10.5. The molecule has 2 aromatic carbocycles. The number of hydrogen-bond acceptors (Lipinski definition) is 4. The zero-order valence-electron chi connectivity index (χ0n) is 10.0. The minimum atomic E-state index is -0.662. The summed E-state index contributed by atoms with van der Waals surface area (Å²) in [6.07, 6.45) is 0. The summed E-state index contributed by atoms with van der Waals surface area (Å²) in [7, 11) is 1.55. The molecule has 0 radical (unpaired) electrons. The van der Waals surface area contributed by atoms with Gasteiger partial charge in [-0.2, -0.15) is 0 Å². The number of ether oxygens (including phenoxy) is 1. The minimum absolute atomic E-state index is 0.212. The highest BCUT2D eigenvalue weighted by Gasteiger charge is 2.22. The Morgan fingerprint density at radius 3 is 2.67 bits per heavy atom. The molecule has 0 atom stereocenters. The van der Waals surface area contributed by atoms with E-state index in [-0.39, 0.29) is 10.6 Å². The first-order valence-corrected chi connectivity index (χ1v) is 5.34. The van der Waals surface area contributed by atoms with Gasteiger partial charge in [0.25, 0.3) is 4.92 Å². The first kappa shape index (κ1) is 12.0. The van der Waals surface area contributed by atoms with Gasteiger partial charge in [-0.1, -0.05) is 18.2 Å². The first-order valence-electron chi connectivity index (χ1n) is 5.34. The van der Waals surface area contributed by atoms with Crippen LogP contribution in [0.1, 0.15) is 6.92 Å². The Balaban J connectivity index is 2.55. The molecule has 5 nitrogen and oxygen atoms in total. The number of benzene rings is 2. The van der Waals surface area contributed by atoms with Crippen LogP contribution in [0.3, 0.4) is 0 Å². The Morgan fingerprint density at radius 2 is 2.00 bits per heavy atom. The van der Waals surface area contributed by atoms with Gasteiger partial charge in [-0.05, 0) is 17.5 Å². The van der Waals surface area contributed by atoms with Crippen molar-refractivity contribution < 1.29 is 19.3 Å². The van der Waals surface area contributed by atoms with Gasteiger partial charge in [0.1, 0.15) is 5.75 Å². The predicted molar refractivity (Wildman–Crippen MR) is 65.6 cm³/mol. The van der Waals surface area contributed by atoms with Crippen LogP contribution < -0.4 is 4.74 Å². The van der Waals surface area contributed by atoms with E-state index in [2.05, 4.69) is 4.84 Å². The van der Waals surface area contributed by atoms with Gasteiger partial charge in [-0.25, -0.2) is 4.79 Å². The van der Waals surface area contributed by atoms with Crippen LogP contribution in [-0.4, -0.2) is 18.0 Å². The maximum absolute atomic E-state index is 11.7. The Labute approximate surface area is 103 Å². The van der Waals surface area contributed by atoms with Gasteiger partial charge < -0.3 is 4.74 Å². The van der Waals surface area contributed by atoms with Crippen molar-refractivity contribution in [1.29, 1.82) is 0 Å². The quantitative estimate of drug-likeness (QED) is 0.781. The molecule has 0 saturated heterocycles. The first-order chi connectivity index (χ1) is 8.61. The van der Waals surface area contributed by atoms with E-state index >= 15 is 0 Å². The lowest BCUT2D eigenvalue weighted by molar-refractivity contribution is -0.715. The van der Waals surface area contributed by atoms with Crippen molar-refractivity contribution in [2.24, 2.45) is 0 Å². The highest BCUT2D eigenvalue weighted by Crippen LogP contribution is 2.29. The summed E-state index contributed by atoms with van der Waals surface area (Å²) < 4.78 is 5.11. The second kappa shape index (κ2) is 4.83. The topological polar surface area (TPSA) is 55.6 Å². The molecule has 0 fully saturated rings. The molecule has 0 aliphatic rings. The van der Waals surface area contributed by atoms with Crippen LogP contribution in [0.2, 0.25) is 0 Å². The summed E-state index contributed by atoms with van der Waals surface area (Å²) in [6.45, 7) is 1.18. The van der Waals surface area contributed by atoms with Gasteiger partial charge in [-0.3, -0.25) is 0 Å². The molecular weight excluding hydrogens is 234 g/mol. The summed E-state index contributed by atoms with van der Waals surface area (Å²) in [4.78, 5) is 27.2. The number of hydrogen-bond donors (Lipinski definition) is 0. The van der Waals surface area contributed by atoms with Crippen molar-refractivity contribution >= 4 is 22.4 Å². The van der Waals surface area contributed by atoms with E-state index in [1.807, 2.05) is 12.1 Å². The lowest BCUT2D eigenvalue weighted by Crippen LogP contribution is -2.07. The van der Waals surface area contributed by atoms with Gasteiger partial charge in [0.2, 0.25) is 0 Å². The minimum Gasteiger partial charge on any atom is -0.497 e. The molecule has 0 bridgehead atoms. The number of methoxy groups -OCH3 is 1. The molecule has 0 amide bonds. The van der Waals surface area contributed by atoms with Gasteiger partial charge >= 0.3 is 11.7 Å². The average molecular weight is 246 g/mol. The van der Waals surface area contributed by atoms with E-state index in [4.69, 9.17) is 4.74 Å². The maximum atomic E-state index is 11.7. The lowest BCUT2D eigenvalue weighted by atomic mass is 10.1. The molecule has 92 valence electrons. The van der Waals surface area contributed by atoms with Crippen molar-refractivity contribution in [3.8, 4) is 5.75 Å². The second-order valence-electron chi connectivity index (χ2n) is 3.70. The zero-order valence-corrected chi connectivity index (χ0v) is 10.0. The van der Waals surface area contributed by atoms with Gasteiger partial charge in [0, 0.05) is 13.0 Å². The van der Waals surface area contributed by atoms with Crippen molar-refractivity contribution in [3.63, 3.8) is 0 Å². The molecule has 2 aromatic rings. The van der Waals surface area contributed by atoms with E-state index in [1.165, 1.54) is 6.92 Å². The van der Waals surface area contributed by atoms with Crippen LogP contribution in [0.25, 0.3) is 10.8 Å². The number of carbonyl (C=O) groups is 1. The van der Waals surface area contributed by atoms with Crippen molar-refractivity contribution in [2.75, 3.05) is 7.11 Å². The van der Waals surface area contributed by atoms with Crippen LogP contribution in [-0.2, 0) is 9.63 Å². The van der Waals surface area contributed by atoms with E-state index < -0.39 is 5.97 Å². The van der Waals surface area contributed by atoms with E-state index in [1.54, 1.807) is 31.4 Å². The molecule has 0 N–H and O–H groups in total. The monoisotopic (exact) mass is 246 g/mol. The normalized spacial score (nSPS) is 10.1. The predicted octanol–water partition coefficient (Wildman–Crippen LogP) is 2.74. The van der Waals surface area contributed by atoms with Crippen LogP contribution >= 0.6 is 0 Å². The van der Waals surface area contributed by atoms with Gasteiger partial charge in [0.15, 0.2) is 0 Å². The standard InChI is InChI=1S/C13H12NO4/c1-9(15)18-14(16)13-5-3-4-10-6-7-11(17-2)8-12(10)13/h3-8H,1-2H3/q+1. The summed E-state index contributed by atoms with van der Waals surface area (Å²) in [5, 5.41) is 1.52. The van der Waals surface area contributed by atoms with E-state index in [0.29, 0.717) is 11.1 Å². The Bertz CT molecular complexity index is 621. The third-order valence-corrected chi connectivity index (χ3v) is 2.47. The lowest BCUT2D eigenvalue weighted by Gasteiger charge is -2.02. The molecule has 5 heteroatoms. The van der Waals surface area contributed by atoms with Crippen LogP contribution in [0.4, 0.5) is 5.69 Å². The van der Waals surface area contributed by atoms with Gasteiger partial charge in [0.05, 0.1) is 17.4 Å². The Hall–Kier alpha value is -2.43. The molecule has 2 rings (SSSR count). The SMILES string of the molecule is COc1ccc2cccc([N+](=O)OC(C)=O)c2c1. The summed E-state index contributed by atoms with van der Waals surface area (Å²) in [5.74, 6) is -0.0314. The molecule has 0 spiro atoms. The number of carbonyl (C=O) groups excluding carboxylic acids is 1. The van der Waals surface area contributed by atoms with Crippen molar-refractivity contribution in [2.45, 2.75) is 6.92 Å². The molecule has 0 aliphatic heterocycles. The fourth-order valence-corrected chi connectivity index (χ4v) is 1.69. The highest BCUT2D eigenvalue weighted by molar-refractivity contribution is 5.91. The van der Waals surface area contributed by atoms with Crippen molar-refractivity contribution in [1.82, 2.24) is 0 Å². The third kappa shape index (κ3) is 2.29. The molecule has 0 aromatic heterocycles. The fourth-order valence-electron chi connectivity index (χ4n) is 1.69. The molecule has 0 unspecified atom stereocenters. The third-order valence-electron chi connectivity index (χ3n) is 2.47. The zero-order chi connectivity index (χ0) is 13.1. The van der Waals surface area contributed by atoms with Crippen LogP contribution in [0, 0.1) is 4.91 Å². The number of rotatable bonds is 3. The average Bonchev–Trinajstić information content (AvgIpc) is 2.36. The largest absolute Gasteiger partial charge is 0.497 e. The number of fused-ring (bicyclic) bond motifs is 1. The summed E-state index contributed by atoms with van der Waals surface area (Å²) in [5.41, 5.74) is 0.265. The smallest absolute Gasteiger partial charge is 0.383 e.